The quantitative estimate of drug-likeness (QED) is 0.690. The predicted molar refractivity (Wildman–Crippen MR) is 70.2 cm³/mol. The van der Waals surface area contributed by atoms with Gasteiger partial charge in [0.2, 0.25) is 5.91 Å². The molecule has 1 aliphatic rings. The van der Waals surface area contributed by atoms with Crippen molar-refractivity contribution < 1.29 is 24.2 Å². The number of carbonyl (C=O) groups is 3. The number of aliphatic carboxylic acids is 1. The zero-order chi connectivity index (χ0) is 15.3. The van der Waals surface area contributed by atoms with E-state index in [2.05, 4.69) is 5.32 Å². The molecule has 2 N–H and O–H groups in total. The van der Waals surface area contributed by atoms with Crippen LogP contribution in [0.2, 0.25) is 0 Å². The highest BCUT2D eigenvalue weighted by atomic mass is 16.5. The Morgan fingerprint density at radius 2 is 1.95 bits per heavy atom. The summed E-state index contributed by atoms with van der Waals surface area (Å²) >= 11 is 0. The normalized spacial score (nSPS) is 21.4. The Hall–Kier alpha value is -1.83. The summed E-state index contributed by atoms with van der Waals surface area (Å²) in [5.41, 5.74) is 0. The molecule has 1 heterocycles. The van der Waals surface area contributed by atoms with E-state index in [1.807, 2.05) is 0 Å². The van der Waals surface area contributed by atoms with E-state index >= 15 is 0 Å². The number of nitrogens with one attached hydrogen (secondary N) is 1. The maximum absolute atomic E-state index is 12.2. The van der Waals surface area contributed by atoms with Crippen molar-refractivity contribution in [1.82, 2.24) is 15.1 Å². The Bertz CT molecular complexity index is 387. The van der Waals surface area contributed by atoms with Crippen LogP contribution in [0.1, 0.15) is 6.92 Å². The number of likely N-dealkylation sites (N-methyl/N-ethyl adjacent to an activating group) is 3. The average molecular weight is 287 g/mol. The number of carboxylic acid groups (broad SMARTS) is 1. The second-order valence-electron chi connectivity index (χ2n) is 4.75. The molecule has 2 atom stereocenters. The average Bonchev–Trinajstić information content (AvgIpc) is 2.86. The molecule has 20 heavy (non-hydrogen) atoms. The van der Waals surface area contributed by atoms with E-state index in [0.717, 1.165) is 0 Å². The largest absolute Gasteiger partial charge is 0.481 e. The molecule has 0 aromatic carbocycles. The van der Waals surface area contributed by atoms with Gasteiger partial charge >= 0.3 is 12.0 Å². The number of amides is 3. The zero-order valence-electron chi connectivity index (χ0n) is 12.0. The molecule has 8 nitrogen and oxygen atoms in total. The van der Waals surface area contributed by atoms with Gasteiger partial charge in [-0.2, -0.15) is 0 Å². The molecule has 2 unspecified atom stereocenters. The van der Waals surface area contributed by atoms with Gasteiger partial charge in [-0.1, -0.05) is 0 Å². The Labute approximate surface area is 117 Å². The van der Waals surface area contributed by atoms with Crippen molar-refractivity contribution in [3.05, 3.63) is 0 Å². The van der Waals surface area contributed by atoms with Crippen molar-refractivity contribution >= 4 is 17.9 Å². The first-order valence-corrected chi connectivity index (χ1v) is 6.43. The van der Waals surface area contributed by atoms with E-state index in [1.165, 1.54) is 23.9 Å². The minimum Gasteiger partial charge on any atom is -0.481 e. The third kappa shape index (κ3) is 3.83. The molecule has 0 spiro atoms. The third-order valence-corrected chi connectivity index (χ3v) is 3.25. The molecular formula is C12H21N3O5. The Kier molecular flexibility index (Phi) is 5.75. The smallest absolute Gasteiger partial charge is 0.320 e. The van der Waals surface area contributed by atoms with Crippen LogP contribution in [0.3, 0.4) is 0 Å². The minimum absolute atomic E-state index is 0.0671. The first kappa shape index (κ1) is 16.2. The topological polar surface area (TPSA) is 99.2 Å². The lowest BCUT2D eigenvalue weighted by molar-refractivity contribution is -0.142. The van der Waals surface area contributed by atoms with Crippen molar-refractivity contribution in [2.75, 3.05) is 40.4 Å². The van der Waals surface area contributed by atoms with E-state index in [0.29, 0.717) is 6.54 Å². The number of rotatable bonds is 5. The van der Waals surface area contributed by atoms with Crippen molar-refractivity contribution in [3.8, 4) is 0 Å². The summed E-state index contributed by atoms with van der Waals surface area (Å²) in [6.07, 6.45) is 0. The number of ether oxygens (including phenoxy) is 1. The number of nitrogens with zero attached hydrogens (tertiary/aromatic N) is 2. The molecule has 0 saturated carbocycles. The summed E-state index contributed by atoms with van der Waals surface area (Å²) in [4.78, 5) is 37.2. The van der Waals surface area contributed by atoms with E-state index in [4.69, 9.17) is 9.84 Å². The molecule has 114 valence electrons. The second-order valence-corrected chi connectivity index (χ2v) is 4.75. The van der Waals surface area contributed by atoms with Crippen LogP contribution < -0.4 is 5.32 Å². The van der Waals surface area contributed by atoms with Crippen molar-refractivity contribution in [3.63, 3.8) is 0 Å². The summed E-state index contributed by atoms with van der Waals surface area (Å²) in [6.45, 7) is 2.50. The number of carboxylic acids is 1. The van der Waals surface area contributed by atoms with E-state index in [9.17, 15) is 14.4 Å². The van der Waals surface area contributed by atoms with Crippen LogP contribution in [-0.4, -0.2) is 79.3 Å². The van der Waals surface area contributed by atoms with Crippen LogP contribution in [0, 0.1) is 5.92 Å². The minimum atomic E-state index is -0.987. The number of urea groups is 1. The molecule has 1 rings (SSSR count). The van der Waals surface area contributed by atoms with Crippen LogP contribution in [0.25, 0.3) is 0 Å². The van der Waals surface area contributed by atoms with Gasteiger partial charge in [0.15, 0.2) is 0 Å². The fourth-order valence-electron chi connectivity index (χ4n) is 2.11. The molecule has 0 aromatic rings. The molecule has 8 heteroatoms. The molecule has 3 amide bonds. The zero-order valence-corrected chi connectivity index (χ0v) is 12.0. The lowest BCUT2D eigenvalue weighted by Crippen LogP contribution is -2.50. The number of carbonyl (C=O) groups excluding carboxylic acids is 2. The SMILES string of the molecule is CCNC(=O)CN(C)C(=O)N(C)C1COCC1C(=O)O. The summed E-state index contributed by atoms with van der Waals surface area (Å²) in [6, 6.07) is -0.922. The van der Waals surface area contributed by atoms with Crippen LogP contribution in [0.15, 0.2) is 0 Å². The van der Waals surface area contributed by atoms with Crippen molar-refractivity contribution in [2.24, 2.45) is 5.92 Å². The van der Waals surface area contributed by atoms with Crippen LogP contribution in [-0.2, 0) is 14.3 Å². The highest BCUT2D eigenvalue weighted by molar-refractivity contribution is 5.84. The fourth-order valence-corrected chi connectivity index (χ4v) is 2.11. The second kappa shape index (κ2) is 7.09. The Morgan fingerprint density at radius 1 is 1.30 bits per heavy atom. The summed E-state index contributed by atoms with van der Waals surface area (Å²) in [5.74, 6) is -1.98. The van der Waals surface area contributed by atoms with E-state index in [1.54, 1.807) is 6.92 Å². The van der Waals surface area contributed by atoms with Gasteiger partial charge in [-0.3, -0.25) is 9.59 Å². The molecule has 1 aliphatic heterocycles. The standard InChI is InChI=1S/C12H21N3O5/c1-4-13-10(16)5-14(2)12(19)15(3)9-7-20-6-8(9)11(17)18/h8-9H,4-7H2,1-3H3,(H,13,16)(H,17,18). The van der Waals surface area contributed by atoms with Gasteiger partial charge in [-0.25, -0.2) is 4.79 Å². The highest BCUT2D eigenvalue weighted by Gasteiger charge is 2.39. The monoisotopic (exact) mass is 287 g/mol. The number of hydrogen-bond donors (Lipinski definition) is 2. The molecule has 1 fully saturated rings. The van der Waals surface area contributed by atoms with Gasteiger partial charge in [-0.15, -0.1) is 0 Å². The van der Waals surface area contributed by atoms with Crippen LogP contribution in [0.4, 0.5) is 4.79 Å². The maximum Gasteiger partial charge on any atom is 0.320 e. The summed E-state index contributed by atoms with van der Waals surface area (Å²) in [5, 5.41) is 11.7. The Balaban J connectivity index is 2.61. The lowest BCUT2D eigenvalue weighted by Gasteiger charge is -2.30. The molecular weight excluding hydrogens is 266 g/mol. The van der Waals surface area contributed by atoms with Crippen molar-refractivity contribution in [1.29, 1.82) is 0 Å². The van der Waals surface area contributed by atoms with Gasteiger partial charge < -0.3 is 25.0 Å². The third-order valence-electron chi connectivity index (χ3n) is 3.25. The van der Waals surface area contributed by atoms with E-state index < -0.39 is 24.0 Å². The van der Waals surface area contributed by atoms with Gasteiger partial charge in [0.25, 0.3) is 0 Å². The first-order chi connectivity index (χ1) is 9.38. The molecule has 0 bridgehead atoms. The van der Waals surface area contributed by atoms with Gasteiger partial charge in [0.1, 0.15) is 12.5 Å². The van der Waals surface area contributed by atoms with Crippen molar-refractivity contribution in [2.45, 2.75) is 13.0 Å². The molecule has 1 saturated heterocycles. The number of hydrogen-bond acceptors (Lipinski definition) is 4. The fraction of sp³-hybridized carbons (Fsp3) is 0.750. The molecule has 0 radical (unpaired) electrons. The van der Waals surface area contributed by atoms with E-state index in [-0.39, 0.29) is 25.7 Å². The Morgan fingerprint density at radius 3 is 2.50 bits per heavy atom. The summed E-state index contributed by atoms with van der Waals surface area (Å²) < 4.78 is 5.13. The molecule has 0 aliphatic carbocycles. The molecule has 0 aromatic heterocycles. The van der Waals surface area contributed by atoms with Gasteiger partial charge in [0.05, 0.1) is 19.3 Å². The maximum atomic E-state index is 12.2. The summed E-state index contributed by atoms with van der Waals surface area (Å²) in [7, 11) is 3.02. The van der Waals surface area contributed by atoms with Gasteiger partial charge in [0, 0.05) is 20.6 Å². The van der Waals surface area contributed by atoms with Gasteiger partial charge in [-0.05, 0) is 6.92 Å². The lowest BCUT2D eigenvalue weighted by atomic mass is 10.0. The first-order valence-electron chi connectivity index (χ1n) is 6.43. The van der Waals surface area contributed by atoms with Crippen LogP contribution in [0.5, 0.6) is 0 Å². The predicted octanol–water partition coefficient (Wildman–Crippen LogP) is -0.794. The van der Waals surface area contributed by atoms with Crippen LogP contribution >= 0.6 is 0 Å². The highest BCUT2D eigenvalue weighted by Crippen LogP contribution is 2.19.